The second-order valence-corrected chi connectivity index (χ2v) is 5.05. The quantitative estimate of drug-likeness (QED) is 0.847. The fourth-order valence-corrected chi connectivity index (χ4v) is 2.14. The predicted octanol–water partition coefficient (Wildman–Crippen LogP) is 0.787. The Morgan fingerprint density at radius 2 is 2.25 bits per heavy atom. The fraction of sp³-hybridized carbons (Fsp3) is 0.429. The average Bonchev–Trinajstić information content (AvgIpc) is 2.76. The maximum absolute atomic E-state index is 11.8. The molecule has 108 valence electrons. The molecule has 2 N–H and O–H groups in total. The lowest BCUT2D eigenvalue weighted by Gasteiger charge is -2.18. The third-order valence-electron chi connectivity index (χ3n) is 2.95. The molecule has 20 heavy (non-hydrogen) atoms. The van der Waals surface area contributed by atoms with E-state index in [0.717, 1.165) is 5.65 Å². The fourth-order valence-electron chi connectivity index (χ4n) is 2.14. The van der Waals surface area contributed by atoms with Gasteiger partial charge in [-0.05, 0) is 26.0 Å². The number of amides is 1. The van der Waals surface area contributed by atoms with Gasteiger partial charge < -0.3 is 15.3 Å². The third-order valence-corrected chi connectivity index (χ3v) is 2.95. The number of fused-ring (bicyclic) bond motifs is 1. The molecule has 2 aromatic heterocycles. The van der Waals surface area contributed by atoms with Gasteiger partial charge in [0.05, 0.1) is 18.8 Å². The number of nitrogens with one attached hydrogen (secondary N) is 1. The lowest BCUT2D eigenvalue weighted by molar-refractivity contribution is -0.120. The van der Waals surface area contributed by atoms with Crippen molar-refractivity contribution in [3.8, 4) is 0 Å². The van der Waals surface area contributed by atoms with Crippen LogP contribution in [0.3, 0.4) is 0 Å². The second kappa shape index (κ2) is 5.92. The number of likely N-dealkylation sites (N-methyl/N-ethyl adjacent to an activating group) is 1. The van der Waals surface area contributed by atoms with E-state index >= 15 is 0 Å². The summed E-state index contributed by atoms with van der Waals surface area (Å²) in [6, 6.07) is 5.74. The Morgan fingerprint density at radius 3 is 2.90 bits per heavy atom. The Hall–Kier alpha value is -2.08. The zero-order valence-electron chi connectivity index (χ0n) is 12.0. The van der Waals surface area contributed by atoms with E-state index in [1.54, 1.807) is 11.9 Å². The molecule has 2 aromatic rings. The molecule has 0 aliphatic heterocycles. The molecule has 0 fully saturated rings. The van der Waals surface area contributed by atoms with Crippen LogP contribution in [-0.4, -0.2) is 40.0 Å². The van der Waals surface area contributed by atoms with E-state index in [-0.39, 0.29) is 25.1 Å². The van der Waals surface area contributed by atoms with Crippen LogP contribution in [0.4, 0.5) is 5.82 Å². The van der Waals surface area contributed by atoms with Crippen LogP contribution in [-0.2, 0) is 11.4 Å². The molecule has 2 heterocycles. The summed E-state index contributed by atoms with van der Waals surface area (Å²) >= 11 is 0. The lowest BCUT2D eigenvalue weighted by atomic mass is 10.3. The Balaban J connectivity index is 2.25. The van der Waals surface area contributed by atoms with E-state index in [2.05, 4.69) is 10.3 Å². The average molecular weight is 276 g/mol. The number of rotatable bonds is 5. The van der Waals surface area contributed by atoms with E-state index in [0.29, 0.717) is 11.5 Å². The lowest BCUT2D eigenvalue weighted by Crippen LogP contribution is -2.39. The molecule has 6 heteroatoms. The standard InChI is InChI=1S/C14H20N4O2/c1-10(2)15-13(20)8-17(3)14-11(9-19)18-7-5-4-6-12(18)16-14/h4-7,10,19H,8-9H2,1-3H3,(H,15,20). The summed E-state index contributed by atoms with van der Waals surface area (Å²) in [5, 5.41) is 12.4. The minimum Gasteiger partial charge on any atom is -0.390 e. The van der Waals surface area contributed by atoms with Gasteiger partial charge in [-0.1, -0.05) is 6.07 Å². The number of aromatic nitrogens is 2. The van der Waals surface area contributed by atoms with Gasteiger partial charge in [-0.2, -0.15) is 0 Å². The first kappa shape index (κ1) is 14.3. The highest BCUT2D eigenvalue weighted by Crippen LogP contribution is 2.20. The Labute approximate surface area is 118 Å². The number of aliphatic hydroxyl groups excluding tert-OH is 1. The molecule has 1 amide bonds. The molecule has 0 aliphatic carbocycles. The molecule has 0 atom stereocenters. The minimum atomic E-state index is -0.128. The Bertz CT molecular complexity index is 606. The van der Waals surface area contributed by atoms with Gasteiger partial charge in [0.1, 0.15) is 5.65 Å². The van der Waals surface area contributed by atoms with Gasteiger partial charge in [0.15, 0.2) is 5.82 Å². The molecule has 0 unspecified atom stereocenters. The molecule has 0 spiro atoms. The van der Waals surface area contributed by atoms with Crippen LogP contribution in [0.15, 0.2) is 24.4 Å². The Kier molecular flexibility index (Phi) is 4.24. The first-order chi connectivity index (χ1) is 9.52. The SMILES string of the molecule is CC(C)NC(=O)CN(C)c1nc2ccccn2c1CO. The topological polar surface area (TPSA) is 69.9 Å². The molecule has 6 nitrogen and oxygen atoms in total. The molecular formula is C14H20N4O2. The zero-order chi connectivity index (χ0) is 14.7. The first-order valence-electron chi connectivity index (χ1n) is 6.60. The van der Waals surface area contributed by atoms with Crippen molar-refractivity contribution in [3.63, 3.8) is 0 Å². The summed E-state index contributed by atoms with van der Waals surface area (Å²) in [5.74, 6) is 0.557. The van der Waals surface area contributed by atoms with Crippen molar-refractivity contribution < 1.29 is 9.90 Å². The van der Waals surface area contributed by atoms with Crippen molar-refractivity contribution in [1.82, 2.24) is 14.7 Å². The molecule has 0 saturated heterocycles. The maximum Gasteiger partial charge on any atom is 0.239 e. The number of anilines is 1. The van der Waals surface area contributed by atoms with Gasteiger partial charge in [-0.15, -0.1) is 0 Å². The normalized spacial score (nSPS) is 11.1. The smallest absolute Gasteiger partial charge is 0.239 e. The van der Waals surface area contributed by atoms with Crippen molar-refractivity contribution >= 4 is 17.4 Å². The molecule has 0 aliphatic rings. The molecule has 2 rings (SSSR count). The molecule has 0 saturated carbocycles. The largest absolute Gasteiger partial charge is 0.390 e. The number of carbonyl (C=O) groups excluding carboxylic acids is 1. The second-order valence-electron chi connectivity index (χ2n) is 5.05. The summed E-state index contributed by atoms with van der Waals surface area (Å²) in [4.78, 5) is 18.0. The van der Waals surface area contributed by atoms with Crippen molar-refractivity contribution in [2.75, 3.05) is 18.5 Å². The monoisotopic (exact) mass is 276 g/mol. The van der Waals surface area contributed by atoms with Crippen LogP contribution in [0.1, 0.15) is 19.5 Å². The molecule has 0 aromatic carbocycles. The number of imidazole rings is 1. The van der Waals surface area contributed by atoms with Crippen LogP contribution in [0, 0.1) is 0 Å². The highest BCUT2D eigenvalue weighted by molar-refractivity contribution is 5.81. The summed E-state index contributed by atoms with van der Waals surface area (Å²) in [6.45, 7) is 3.91. The van der Waals surface area contributed by atoms with Crippen LogP contribution in [0.25, 0.3) is 5.65 Å². The van der Waals surface area contributed by atoms with Crippen LogP contribution >= 0.6 is 0 Å². The number of pyridine rings is 1. The van der Waals surface area contributed by atoms with Crippen molar-refractivity contribution in [1.29, 1.82) is 0 Å². The van der Waals surface area contributed by atoms with E-state index < -0.39 is 0 Å². The first-order valence-corrected chi connectivity index (χ1v) is 6.60. The van der Waals surface area contributed by atoms with Gasteiger partial charge >= 0.3 is 0 Å². The highest BCUT2D eigenvalue weighted by atomic mass is 16.3. The van der Waals surface area contributed by atoms with Crippen LogP contribution in [0.5, 0.6) is 0 Å². The number of hydrogen-bond acceptors (Lipinski definition) is 4. The summed E-state index contributed by atoms with van der Waals surface area (Å²) in [6.07, 6.45) is 1.85. The Morgan fingerprint density at radius 1 is 1.50 bits per heavy atom. The number of nitrogens with zero attached hydrogens (tertiary/aromatic N) is 3. The zero-order valence-corrected chi connectivity index (χ0v) is 12.0. The van der Waals surface area contributed by atoms with Crippen LogP contribution in [0.2, 0.25) is 0 Å². The number of hydrogen-bond donors (Lipinski definition) is 2. The molecular weight excluding hydrogens is 256 g/mol. The van der Waals surface area contributed by atoms with Gasteiger partial charge in [-0.3, -0.25) is 9.20 Å². The van der Waals surface area contributed by atoms with Gasteiger partial charge in [-0.25, -0.2) is 4.98 Å². The van der Waals surface area contributed by atoms with Gasteiger partial charge in [0.2, 0.25) is 5.91 Å². The third kappa shape index (κ3) is 2.91. The predicted molar refractivity (Wildman–Crippen MR) is 77.7 cm³/mol. The summed E-state index contributed by atoms with van der Waals surface area (Å²) in [5.41, 5.74) is 1.43. The molecule has 0 bridgehead atoms. The van der Waals surface area contributed by atoms with Crippen molar-refractivity contribution in [3.05, 3.63) is 30.1 Å². The van der Waals surface area contributed by atoms with Gasteiger partial charge in [0, 0.05) is 19.3 Å². The van der Waals surface area contributed by atoms with Gasteiger partial charge in [0.25, 0.3) is 0 Å². The number of carbonyl (C=O) groups is 1. The van der Waals surface area contributed by atoms with Crippen LogP contribution < -0.4 is 10.2 Å². The summed E-state index contributed by atoms with van der Waals surface area (Å²) in [7, 11) is 1.79. The van der Waals surface area contributed by atoms with Crippen molar-refractivity contribution in [2.24, 2.45) is 0 Å². The van der Waals surface area contributed by atoms with E-state index in [1.165, 1.54) is 0 Å². The van der Waals surface area contributed by atoms with E-state index in [4.69, 9.17) is 0 Å². The summed E-state index contributed by atoms with van der Waals surface area (Å²) < 4.78 is 1.83. The van der Waals surface area contributed by atoms with E-state index in [1.807, 2.05) is 42.6 Å². The minimum absolute atomic E-state index is 0.0663. The molecule has 0 radical (unpaired) electrons. The maximum atomic E-state index is 11.8. The highest BCUT2D eigenvalue weighted by Gasteiger charge is 2.17. The number of aliphatic hydroxyl groups is 1. The van der Waals surface area contributed by atoms with E-state index in [9.17, 15) is 9.90 Å². The van der Waals surface area contributed by atoms with Crippen molar-refractivity contribution in [2.45, 2.75) is 26.5 Å².